The van der Waals surface area contributed by atoms with Gasteiger partial charge in [0.05, 0.1) is 0 Å². The van der Waals surface area contributed by atoms with Gasteiger partial charge in [-0.15, -0.1) is 11.3 Å². The number of benzene rings is 1. The molecule has 0 amide bonds. The molecule has 0 saturated heterocycles. The first-order chi connectivity index (χ1) is 7.24. The highest BCUT2D eigenvalue weighted by Gasteiger charge is 2.05. The van der Waals surface area contributed by atoms with Crippen molar-refractivity contribution < 1.29 is 0 Å². The maximum Gasteiger partial charge on any atom is 0.124 e. The molecule has 1 aromatic carbocycles. The Labute approximate surface area is 91.4 Å². The van der Waals surface area contributed by atoms with E-state index >= 15 is 0 Å². The lowest BCUT2D eigenvalue weighted by Crippen LogP contribution is -1.82. The van der Waals surface area contributed by atoms with E-state index in [0.717, 1.165) is 16.2 Å². The fraction of sp³-hybridized carbons (Fsp3) is 0.0833. The Morgan fingerprint density at radius 1 is 1.13 bits per heavy atom. The summed E-state index contributed by atoms with van der Waals surface area (Å²) >= 11 is 1.72. The zero-order valence-corrected chi connectivity index (χ0v) is 9.14. The minimum atomic E-state index is 0.808. The molecule has 74 valence electrons. The van der Waals surface area contributed by atoms with Crippen LogP contribution in [0.4, 0.5) is 5.69 Å². The van der Waals surface area contributed by atoms with Crippen LogP contribution in [0.25, 0.3) is 20.3 Å². The third-order valence-electron chi connectivity index (χ3n) is 2.50. The average Bonchev–Trinajstić information content (AvgIpc) is 2.54. The van der Waals surface area contributed by atoms with Gasteiger partial charge >= 0.3 is 0 Å². The average molecular weight is 214 g/mol. The van der Waals surface area contributed by atoms with Crippen LogP contribution >= 0.6 is 11.3 Å². The Balaban J connectivity index is 2.53. The van der Waals surface area contributed by atoms with E-state index in [4.69, 9.17) is 5.73 Å². The molecule has 0 spiro atoms. The van der Waals surface area contributed by atoms with Gasteiger partial charge in [-0.05, 0) is 37.3 Å². The number of aromatic nitrogens is 1. The molecule has 0 unspecified atom stereocenters. The highest BCUT2D eigenvalue weighted by molar-refractivity contribution is 7.25. The summed E-state index contributed by atoms with van der Waals surface area (Å²) in [6.07, 6.45) is 0. The van der Waals surface area contributed by atoms with Gasteiger partial charge in [-0.3, -0.25) is 0 Å². The van der Waals surface area contributed by atoms with Gasteiger partial charge in [0.2, 0.25) is 0 Å². The lowest BCUT2D eigenvalue weighted by Gasteiger charge is -1.94. The zero-order chi connectivity index (χ0) is 10.4. The van der Waals surface area contributed by atoms with E-state index in [2.05, 4.69) is 17.1 Å². The summed E-state index contributed by atoms with van der Waals surface area (Å²) in [4.78, 5) is 5.61. The molecule has 0 aliphatic rings. The van der Waals surface area contributed by atoms with E-state index in [0.29, 0.717) is 0 Å². The van der Waals surface area contributed by atoms with Crippen LogP contribution in [-0.4, -0.2) is 4.98 Å². The molecule has 0 atom stereocenters. The van der Waals surface area contributed by atoms with Crippen molar-refractivity contribution in [2.45, 2.75) is 6.92 Å². The Bertz CT molecular complexity index is 655. The number of rotatable bonds is 0. The predicted molar refractivity (Wildman–Crippen MR) is 66.3 cm³/mol. The molecule has 0 fully saturated rings. The van der Waals surface area contributed by atoms with Gasteiger partial charge in [-0.2, -0.15) is 0 Å². The molecule has 2 aromatic heterocycles. The first-order valence-corrected chi connectivity index (χ1v) is 5.61. The highest BCUT2D eigenvalue weighted by atomic mass is 32.1. The van der Waals surface area contributed by atoms with Crippen molar-refractivity contribution in [2.24, 2.45) is 0 Å². The number of thiophene rings is 1. The second kappa shape index (κ2) is 2.94. The summed E-state index contributed by atoms with van der Waals surface area (Å²) in [5.74, 6) is 0. The van der Waals surface area contributed by atoms with Gasteiger partial charge in [0.1, 0.15) is 4.83 Å². The molecule has 0 bridgehead atoms. The smallest absolute Gasteiger partial charge is 0.124 e. The third-order valence-corrected chi connectivity index (χ3v) is 3.58. The molecular weight excluding hydrogens is 204 g/mol. The van der Waals surface area contributed by atoms with Gasteiger partial charge in [-0.25, -0.2) is 4.98 Å². The molecule has 0 aliphatic heterocycles. The molecule has 3 rings (SSSR count). The Kier molecular flexibility index (Phi) is 1.70. The summed E-state index contributed by atoms with van der Waals surface area (Å²) in [5.41, 5.74) is 7.65. The van der Waals surface area contributed by atoms with Gasteiger partial charge < -0.3 is 5.73 Å². The number of nitrogens with zero attached hydrogens (tertiary/aromatic N) is 1. The van der Waals surface area contributed by atoms with E-state index in [1.165, 1.54) is 15.5 Å². The number of hydrogen-bond donors (Lipinski definition) is 1. The first-order valence-electron chi connectivity index (χ1n) is 4.79. The zero-order valence-electron chi connectivity index (χ0n) is 8.32. The molecule has 0 aliphatic carbocycles. The Hall–Kier alpha value is -1.61. The number of aryl methyl sites for hydroxylation is 1. The number of fused-ring (bicyclic) bond motifs is 3. The second-order valence-electron chi connectivity index (χ2n) is 3.66. The number of hydrogen-bond acceptors (Lipinski definition) is 3. The van der Waals surface area contributed by atoms with Crippen LogP contribution < -0.4 is 5.73 Å². The normalized spacial score (nSPS) is 11.3. The van der Waals surface area contributed by atoms with Crippen LogP contribution in [0.2, 0.25) is 0 Å². The van der Waals surface area contributed by atoms with E-state index in [9.17, 15) is 0 Å². The summed E-state index contributed by atoms with van der Waals surface area (Å²) < 4.78 is 1.25. The van der Waals surface area contributed by atoms with Crippen molar-refractivity contribution in [1.29, 1.82) is 0 Å². The third kappa shape index (κ3) is 1.27. The van der Waals surface area contributed by atoms with E-state index in [1.54, 1.807) is 11.3 Å². The number of nitrogens with two attached hydrogens (primary N) is 1. The van der Waals surface area contributed by atoms with Crippen LogP contribution in [0.15, 0.2) is 30.3 Å². The minimum Gasteiger partial charge on any atom is -0.399 e. The fourth-order valence-corrected chi connectivity index (χ4v) is 2.87. The number of pyridine rings is 1. The molecule has 2 nitrogen and oxygen atoms in total. The van der Waals surface area contributed by atoms with Gasteiger partial charge in [0.25, 0.3) is 0 Å². The summed E-state index contributed by atoms with van der Waals surface area (Å²) in [5, 5.41) is 2.41. The van der Waals surface area contributed by atoms with E-state index in [-0.39, 0.29) is 0 Å². The highest BCUT2D eigenvalue weighted by Crippen LogP contribution is 2.33. The standard InChI is InChI=1S/C12H10N2S/c1-7-2-4-9-10-6-8(13)3-5-11(10)15-12(9)14-7/h2-6H,13H2,1H3. The van der Waals surface area contributed by atoms with Crippen LogP contribution in [0.3, 0.4) is 0 Å². The minimum absolute atomic E-state index is 0.808. The van der Waals surface area contributed by atoms with Crippen molar-refractivity contribution in [3.8, 4) is 0 Å². The van der Waals surface area contributed by atoms with Gasteiger partial charge in [0.15, 0.2) is 0 Å². The maximum absolute atomic E-state index is 5.79. The first kappa shape index (κ1) is 8.68. The molecule has 3 heteroatoms. The monoisotopic (exact) mass is 214 g/mol. The molecule has 2 heterocycles. The molecule has 15 heavy (non-hydrogen) atoms. The summed E-state index contributed by atoms with van der Waals surface area (Å²) in [6, 6.07) is 10.2. The van der Waals surface area contributed by atoms with E-state index in [1.807, 2.05) is 25.1 Å². The van der Waals surface area contributed by atoms with Crippen LogP contribution in [0.5, 0.6) is 0 Å². The predicted octanol–water partition coefficient (Wildman–Crippen LogP) is 3.34. The Morgan fingerprint density at radius 2 is 2.00 bits per heavy atom. The van der Waals surface area contributed by atoms with Crippen LogP contribution in [0.1, 0.15) is 5.69 Å². The van der Waals surface area contributed by atoms with Crippen molar-refractivity contribution in [1.82, 2.24) is 4.98 Å². The van der Waals surface area contributed by atoms with Crippen LogP contribution in [0, 0.1) is 6.92 Å². The Morgan fingerprint density at radius 3 is 2.87 bits per heavy atom. The number of anilines is 1. The van der Waals surface area contributed by atoms with Crippen molar-refractivity contribution >= 4 is 37.3 Å². The van der Waals surface area contributed by atoms with Crippen LogP contribution in [-0.2, 0) is 0 Å². The van der Waals surface area contributed by atoms with Crippen molar-refractivity contribution in [2.75, 3.05) is 5.73 Å². The summed E-state index contributed by atoms with van der Waals surface area (Å²) in [7, 11) is 0. The van der Waals surface area contributed by atoms with Crippen molar-refractivity contribution in [3.05, 3.63) is 36.0 Å². The molecule has 0 saturated carbocycles. The largest absolute Gasteiger partial charge is 0.399 e. The fourth-order valence-electron chi connectivity index (χ4n) is 1.77. The van der Waals surface area contributed by atoms with Gasteiger partial charge in [0, 0.05) is 26.9 Å². The SMILES string of the molecule is Cc1ccc2c(n1)sc1ccc(N)cc12. The molecule has 0 radical (unpaired) electrons. The van der Waals surface area contributed by atoms with Gasteiger partial charge in [-0.1, -0.05) is 0 Å². The number of nitrogen functional groups attached to an aromatic ring is 1. The molecule has 2 N–H and O–H groups in total. The second-order valence-corrected chi connectivity index (χ2v) is 4.69. The topological polar surface area (TPSA) is 38.9 Å². The van der Waals surface area contributed by atoms with E-state index < -0.39 is 0 Å². The lowest BCUT2D eigenvalue weighted by molar-refractivity contribution is 1.27. The summed E-state index contributed by atoms with van der Waals surface area (Å²) in [6.45, 7) is 2.01. The molecular formula is C12H10N2S. The maximum atomic E-state index is 5.79. The quantitative estimate of drug-likeness (QED) is 0.583. The molecule has 3 aromatic rings. The lowest BCUT2D eigenvalue weighted by atomic mass is 10.2. The van der Waals surface area contributed by atoms with Crippen molar-refractivity contribution in [3.63, 3.8) is 0 Å².